The fourth-order valence-electron chi connectivity index (χ4n) is 2.20. The molecule has 0 heterocycles. The van der Waals surface area contributed by atoms with Gasteiger partial charge in [-0.2, -0.15) is 0 Å². The van der Waals surface area contributed by atoms with Crippen molar-refractivity contribution < 1.29 is 10.2 Å². The standard InChI is InChI=1S/C9H16O2/c10-7-3-4-9(11)8(5-7)6-1-2-6/h6-11H,1-5H2. The highest BCUT2D eigenvalue weighted by atomic mass is 16.3. The summed E-state index contributed by atoms with van der Waals surface area (Å²) in [5.41, 5.74) is 0. The van der Waals surface area contributed by atoms with Gasteiger partial charge in [0.1, 0.15) is 0 Å². The van der Waals surface area contributed by atoms with Crippen LogP contribution in [-0.4, -0.2) is 22.4 Å². The Hall–Kier alpha value is -0.0800. The summed E-state index contributed by atoms with van der Waals surface area (Å²) in [6.07, 6.45) is 4.73. The van der Waals surface area contributed by atoms with Gasteiger partial charge in [-0.25, -0.2) is 0 Å². The van der Waals surface area contributed by atoms with Crippen LogP contribution in [0.3, 0.4) is 0 Å². The van der Waals surface area contributed by atoms with E-state index >= 15 is 0 Å². The summed E-state index contributed by atoms with van der Waals surface area (Å²) in [5, 5.41) is 18.9. The molecule has 0 amide bonds. The Kier molecular flexibility index (Phi) is 1.90. The van der Waals surface area contributed by atoms with Crippen molar-refractivity contribution in [2.45, 2.75) is 44.3 Å². The lowest BCUT2D eigenvalue weighted by atomic mass is 9.82. The summed E-state index contributed by atoms with van der Waals surface area (Å²) in [6.45, 7) is 0. The quantitative estimate of drug-likeness (QED) is 0.592. The molecule has 11 heavy (non-hydrogen) atoms. The highest BCUT2D eigenvalue weighted by Gasteiger charge is 2.39. The van der Waals surface area contributed by atoms with Crippen LogP contribution in [0.2, 0.25) is 0 Å². The first-order valence-electron chi connectivity index (χ1n) is 4.63. The van der Waals surface area contributed by atoms with E-state index in [9.17, 15) is 10.2 Å². The zero-order valence-electron chi connectivity index (χ0n) is 6.74. The molecule has 0 spiro atoms. The normalized spacial score (nSPS) is 45.8. The van der Waals surface area contributed by atoms with Gasteiger partial charge in [0.05, 0.1) is 12.2 Å². The molecule has 2 nitrogen and oxygen atoms in total. The second-order valence-corrected chi connectivity index (χ2v) is 4.04. The highest BCUT2D eigenvalue weighted by molar-refractivity contribution is 4.90. The van der Waals surface area contributed by atoms with E-state index in [1.807, 2.05) is 0 Å². The lowest BCUT2D eigenvalue weighted by molar-refractivity contribution is -0.00160. The van der Waals surface area contributed by atoms with Gasteiger partial charge >= 0.3 is 0 Å². The predicted octanol–water partition coefficient (Wildman–Crippen LogP) is 0.918. The molecular weight excluding hydrogens is 140 g/mol. The van der Waals surface area contributed by atoms with Crippen molar-refractivity contribution in [3.63, 3.8) is 0 Å². The lowest BCUT2D eigenvalue weighted by Crippen LogP contribution is -2.32. The van der Waals surface area contributed by atoms with Gasteiger partial charge in [-0.3, -0.25) is 0 Å². The number of hydrogen-bond acceptors (Lipinski definition) is 2. The minimum Gasteiger partial charge on any atom is -0.393 e. The monoisotopic (exact) mass is 156 g/mol. The molecule has 2 rings (SSSR count). The van der Waals surface area contributed by atoms with Crippen LogP contribution in [0.15, 0.2) is 0 Å². The van der Waals surface area contributed by atoms with Gasteiger partial charge in [0, 0.05) is 0 Å². The fraction of sp³-hybridized carbons (Fsp3) is 1.00. The molecule has 2 saturated carbocycles. The van der Waals surface area contributed by atoms with Crippen molar-refractivity contribution in [1.82, 2.24) is 0 Å². The van der Waals surface area contributed by atoms with Crippen LogP contribution >= 0.6 is 0 Å². The first-order valence-corrected chi connectivity index (χ1v) is 4.63. The van der Waals surface area contributed by atoms with E-state index in [-0.39, 0.29) is 12.2 Å². The van der Waals surface area contributed by atoms with Crippen LogP contribution in [0.1, 0.15) is 32.1 Å². The molecule has 0 radical (unpaired) electrons. The third-order valence-electron chi connectivity index (χ3n) is 3.06. The summed E-state index contributed by atoms with van der Waals surface area (Å²) >= 11 is 0. The molecule has 2 fully saturated rings. The number of aliphatic hydroxyl groups is 2. The maximum atomic E-state index is 9.59. The van der Waals surface area contributed by atoms with Crippen LogP contribution < -0.4 is 0 Å². The SMILES string of the molecule is OC1CCC(O)C(C2CC2)C1. The highest BCUT2D eigenvalue weighted by Crippen LogP contribution is 2.43. The lowest BCUT2D eigenvalue weighted by Gasteiger charge is -2.30. The van der Waals surface area contributed by atoms with Crippen LogP contribution in [0.25, 0.3) is 0 Å². The molecule has 64 valence electrons. The first-order chi connectivity index (χ1) is 5.27. The summed E-state index contributed by atoms with van der Waals surface area (Å²) < 4.78 is 0. The molecule has 2 N–H and O–H groups in total. The van der Waals surface area contributed by atoms with Crippen molar-refractivity contribution in [2.24, 2.45) is 11.8 Å². The van der Waals surface area contributed by atoms with Gasteiger partial charge in [0.2, 0.25) is 0 Å². The summed E-state index contributed by atoms with van der Waals surface area (Å²) in [5.74, 6) is 1.15. The predicted molar refractivity (Wildman–Crippen MR) is 42.1 cm³/mol. The van der Waals surface area contributed by atoms with E-state index in [2.05, 4.69) is 0 Å². The largest absolute Gasteiger partial charge is 0.393 e. The Bertz CT molecular complexity index is 142. The minimum atomic E-state index is -0.135. The maximum Gasteiger partial charge on any atom is 0.0573 e. The summed E-state index contributed by atoms with van der Waals surface area (Å²) in [4.78, 5) is 0. The van der Waals surface area contributed by atoms with Gasteiger partial charge in [-0.05, 0) is 43.9 Å². The Morgan fingerprint density at radius 1 is 0.909 bits per heavy atom. The van der Waals surface area contributed by atoms with Crippen molar-refractivity contribution in [3.8, 4) is 0 Å². The van der Waals surface area contributed by atoms with E-state index in [1.54, 1.807) is 0 Å². The second kappa shape index (κ2) is 2.76. The Morgan fingerprint density at radius 2 is 1.64 bits per heavy atom. The van der Waals surface area contributed by atoms with Crippen LogP contribution in [0, 0.1) is 11.8 Å². The third-order valence-corrected chi connectivity index (χ3v) is 3.06. The number of aliphatic hydroxyl groups excluding tert-OH is 2. The van der Waals surface area contributed by atoms with Crippen LogP contribution in [0.5, 0.6) is 0 Å². The third kappa shape index (κ3) is 1.57. The molecule has 3 atom stereocenters. The van der Waals surface area contributed by atoms with Crippen molar-refractivity contribution in [1.29, 1.82) is 0 Å². The average molecular weight is 156 g/mol. The molecule has 2 aliphatic carbocycles. The van der Waals surface area contributed by atoms with Crippen molar-refractivity contribution in [2.75, 3.05) is 0 Å². The molecule has 2 heteroatoms. The molecule has 0 saturated heterocycles. The molecule has 0 aromatic heterocycles. The molecule has 2 aliphatic rings. The topological polar surface area (TPSA) is 40.5 Å². The van der Waals surface area contributed by atoms with Gasteiger partial charge in [0.25, 0.3) is 0 Å². The maximum absolute atomic E-state index is 9.59. The van der Waals surface area contributed by atoms with Gasteiger partial charge < -0.3 is 10.2 Å². The van der Waals surface area contributed by atoms with E-state index < -0.39 is 0 Å². The van der Waals surface area contributed by atoms with Gasteiger partial charge in [-0.1, -0.05) is 0 Å². The molecule has 3 unspecified atom stereocenters. The van der Waals surface area contributed by atoms with E-state index in [0.717, 1.165) is 25.2 Å². The number of hydrogen-bond donors (Lipinski definition) is 2. The molecule has 0 aromatic carbocycles. The van der Waals surface area contributed by atoms with Gasteiger partial charge in [-0.15, -0.1) is 0 Å². The first kappa shape index (κ1) is 7.56. The second-order valence-electron chi connectivity index (χ2n) is 4.04. The van der Waals surface area contributed by atoms with E-state index in [0.29, 0.717) is 5.92 Å². The fourth-order valence-corrected chi connectivity index (χ4v) is 2.20. The summed E-state index contributed by atoms with van der Waals surface area (Å²) in [6, 6.07) is 0. The van der Waals surface area contributed by atoms with Gasteiger partial charge in [0.15, 0.2) is 0 Å². The van der Waals surface area contributed by atoms with Crippen LogP contribution in [0.4, 0.5) is 0 Å². The molecule has 0 bridgehead atoms. The van der Waals surface area contributed by atoms with Crippen LogP contribution in [-0.2, 0) is 0 Å². The average Bonchev–Trinajstić information content (AvgIpc) is 2.76. The zero-order chi connectivity index (χ0) is 7.84. The van der Waals surface area contributed by atoms with E-state index in [4.69, 9.17) is 0 Å². The minimum absolute atomic E-state index is 0.120. The molecule has 0 aromatic rings. The van der Waals surface area contributed by atoms with Crippen molar-refractivity contribution >= 4 is 0 Å². The molecule has 0 aliphatic heterocycles. The Balaban J connectivity index is 1.93. The van der Waals surface area contributed by atoms with E-state index in [1.165, 1.54) is 12.8 Å². The Labute approximate surface area is 67.2 Å². The smallest absolute Gasteiger partial charge is 0.0573 e. The summed E-state index contributed by atoms with van der Waals surface area (Å²) in [7, 11) is 0. The Morgan fingerprint density at radius 3 is 2.27 bits per heavy atom. The van der Waals surface area contributed by atoms with Crippen molar-refractivity contribution in [3.05, 3.63) is 0 Å². The number of rotatable bonds is 1. The zero-order valence-corrected chi connectivity index (χ0v) is 6.74. The molecular formula is C9H16O2.